The van der Waals surface area contributed by atoms with Crippen LogP contribution in [0.5, 0.6) is 0 Å². The van der Waals surface area contributed by atoms with Crippen LogP contribution in [0.15, 0.2) is 36.5 Å². The molecule has 3 N–H and O–H groups in total. The van der Waals surface area contributed by atoms with Gasteiger partial charge in [0.25, 0.3) is 0 Å². The van der Waals surface area contributed by atoms with Crippen LogP contribution >= 0.6 is 0 Å². The van der Waals surface area contributed by atoms with Crippen molar-refractivity contribution in [1.82, 2.24) is 10.2 Å². The van der Waals surface area contributed by atoms with Gasteiger partial charge in [0.15, 0.2) is 0 Å². The van der Waals surface area contributed by atoms with E-state index in [0.29, 0.717) is 18.5 Å². The number of aliphatic carboxylic acids is 1. The minimum atomic E-state index is -0.930. The van der Waals surface area contributed by atoms with Crippen LogP contribution in [-0.4, -0.2) is 27.2 Å². The number of nitrogens with one attached hydrogen (secondary N) is 2. The number of benzene rings is 1. The molecule has 0 fully saturated rings. The number of hydrogen-bond donors (Lipinski definition) is 3. The molecule has 1 heterocycles. The minimum Gasteiger partial charge on any atom is -0.481 e. The van der Waals surface area contributed by atoms with Crippen LogP contribution in [-0.2, 0) is 9.59 Å². The number of hydrogen-bond acceptors (Lipinski definition) is 3. The first-order valence-electron chi connectivity index (χ1n) is 6.77. The zero-order chi connectivity index (χ0) is 14.8. The molecule has 21 heavy (non-hydrogen) atoms. The van der Waals surface area contributed by atoms with E-state index in [1.165, 1.54) is 0 Å². The van der Waals surface area contributed by atoms with Gasteiger partial charge < -0.3 is 10.4 Å². The maximum Gasteiger partial charge on any atom is 0.307 e. The predicted molar refractivity (Wildman–Crippen MR) is 77.7 cm³/mol. The first-order valence-corrected chi connectivity index (χ1v) is 6.77. The Kier molecular flexibility index (Phi) is 3.43. The molecule has 1 amide bonds. The smallest absolute Gasteiger partial charge is 0.307 e. The van der Waals surface area contributed by atoms with Crippen LogP contribution in [0.2, 0.25) is 0 Å². The number of carboxylic acids is 1. The molecule has 6 nitrogen and oxygen atoms in total. The number of aromatic amines is 1. The van der Waals surface area contributed by atoms with Gasteiger partial charge >= 0.3 is 5.97 Å². The Labute approximate surface area is 120 Å². The first-order chi connectivity index (χ1) is 10.2. The number of amides is 1. The van der Waals surface area contributed by atoms with Crippen molar-refractivity contribution in [2.24, 2.45) is 11.8 Å². The zero-order valence-electron chi connectivity index (χ0n) is 11.2. The molecule has 0 saturated heterocycles. The van der Waals surface area contributed by atoms with Crippen molar-refractivity contribution >= 4 is 28.5 Å². The molecule has 0 aliphatic heterocycles. The van der Waals surface area contributed by atoms with Gasteiger partial charge in [-0.1, -0.05) is 18.2 Å². The maximum atomic E-state index is 12.4. The van der Waals surface area contributed by atoms with Gasteiger partial charge in [0.2, 0.25) is 5.91 Å². The topological polar surface area (TPSA) is 95.1 Å². The van der Waals surface area contributed by atoms with Gasteiger partial charge in [-0.05, 0) is 25.0 Å². The van der Waals surface area contributed by atoms with Gasteiger partial charge in [-0.15, -0.1) is 0 Å². The number of carbonyl (C=O) groups excluding carboxylic acids is 1. The van der Waals surface area contributed by atoms with Crippen LogP contribution in [0.1, 0.15) is 12.8 Å². The minimum absolute atomic E-state index is 0.263. The molecule has 2 aromatic rings. The number of carbonyl (C=O) groups is 2. The van der Waals surface area contributed by atoms with Gasteiger partial charge in [0, 0.05) is 5.39 Å². The Morgan fingerprint density at radius 3 is 2.76 bits per heavy atom. The molecule has 1 aliphatic rings. The van der Waals surface area contributed by atoms with Gasteiger partial charge in [-0.25, -0.2) is 0 Å². The number of nitrogens with zero attached hydrogens (tertiary/aromatic N) is 1. The van der Waals surface area contributed by atoms with Crippen molar-refractivity contribution in [3.05, 3.63) is 36.5 Å². The Bertz CT molecular complexity index is 720. The summed E-state index contributed by atoms with van der Waals surface area (Å²) in [5, 5.41) is 19.6. The summed E-state index contributed by atoms with van der Waals surface area (Å²) in [6, 6.07) is 5.46. The van der Waals surface area contributed by atoms with Crippen molar-refractivity contribution in [2.45, 2.75) is 12.8 Å². The molecule has 3 rings (SSSR count). The van der Waals surface area contributed by atoms with E-state index in [2.05, 4.69) is 15.5 Å². The van der Waals surface area contributed by atoms with Crippen molar-refractivity contribution in [1.29, 1.82) is 0 Å². The van der Waals surface area contributed by atoms with Gasteiger partial charge in [-0.2, -0.15) is 5.10 Å². The fourth-order valence-electron chi connectivity index (χ4n) is 2.68. The summed E-state index contributed by atoms with van der Waals surface area (Å²) in [5.41, 5.74) is 1.47. The van der Waals surface area contributed by atoms with Crippen LogP contribution in [0.3, 0.4) is 0 Å². The van der Waals surface area contributed by atoms with E-state index in [4.69, 9.17) is 0 Å². The SMILES string of the molecule is O=C(O)[C@H]1CC=CC[C@H]1C(=O)Nc1cccc2[nH]ncc12. The fourth-order valence-corrected chi connectivity index (χ4v) is 2.68. The average molecular weight is 285 g/mol. The van der Waals surface area contributed by atoms with E-state index in [9.17, 15) is 14.7 Å². The molecular weight excluding hydrogens is 270 g/mol. The number of anilines is 1. The molecule has 0 unspecified atom stereocenters. The highest BCUT2D eigenvalue weighted by Crippen LogP contribution is 2.28. The van der Waals surface area contributed by atoms with Crippen LogP contribution in [0, 0.1) is 11.8 Å². The summed E-state index contributed by atoms with van der Waals surface area (Å²) in [7, 11) is 0. The third kappa shape index (κ3) is 2.52. The molecule has 1 aromatic carbocycles. The Morgan fingerprint density at radius 2 is 2.00 bits per heavy atom. The summed E-state index contributed by atoms with van der Waals surface area (Å²) in [6.07, 6.45) is 6.16. The van der Waals surface area contributed by atoms with E-state index in [1.54, 1.807) is 12.3 Å². The normalized spacial score (nSPS) is 21.3. The molecular formula is C15H15N3O3. The van der Waals surface area contributed by atoms with E-state index >= 15 is 0 Å². The van der Waals surface area contributed by atoms with Crippen molar-refractivity contribution in [3.8, 4) is 0 Å². The van der Waals surface area contributed by atoms with Crippen LogP contribution < -0.4 is 5.32 Å². The van der Waals surface area contributed by atoms with Crippen LogP contribution in [0.4, 0.5) is 5.69 Å². The van der Waals surface area contributed by atoms with Crippen molar-refractivity contribution in [2.75, 3.05) is 5.32 Å². The van der Waals surface area contributed by atoms with Crippen molar-refractivity contribution < 1.29 is 14.7 Å². The zero-order valence-corrected chi connectivity index (χ0v) is 11.2. The lowest BCUT2D eigenvalue weighted by Gasteiger charge is -2.24. The molecule has 1 aliphatic carbocycles. The first kappa shape index (κ1) is 13.4. The van der Waals surface area contributed by atoms with E-state index < -0.39 is 17.8 Å². The predicted octanol–water partition coefficient (Wildman–Crippen LogP) is 2.17. The van der Waals surface area contributed by atoms with E-state index in [-0.39, 0.29) is 5.91 Å². The molecule has 6 heteroatoms. The Hall–Kier alpha value is -2.63. The second-order valence-electron chi connectivity index (χ2n) is 5.12. The lowest BCUT2D eigenvalue weighted by Crippen LogP contribution is -2.34. The average Bonchev–Trinajstić information content (AvgIpc) is 2.96. The standard InChI is InChI=1S/C15H15N3O3/c19-14(9-4-1-2-5-10(9)15(20)21)17-12-6-3-7-13-11(12)8-16-18-13/h1-3,6-10H,4-5H2,(H,16,18)(H,17,19)(H,20,21)/t9-,10+/m1/s1. The Balaban J connectivity index is 1.84. The summed E-state index contributed by atoms with van der Waals surface area (Å²) in [4.78, 5) is 23.7. The third-order valence-corrected chi connectivity index (χ3v) is 3.83. The van der Waals surface area contributed by atoms with Crippen LogP contribution in [0.25, 0.3) is 10.9 Å². The highest BCUT2D eigenvalue weighted by Gasteiger charge is 2.34. The summed E-state index contributed by atoms with van der Waals surface area (Å²) >= 11 is 0. The quantitative estimate of drug-likeness (QED) is 0.753. The molecule has 108 valence electrons. The van der Waals surface area contributed by atoms with E-state index in [1.807, 2.05) is 24.3 Å². The number of carboxylic acid groups (broad SMARTS) is 1. The third-order valence-electron chi connectivity index (χ3n) is 3.83. The van der Waals surface area contributed by atoms with Gasteiger partial charge in [0.1, 0.15) is 0 Å². The molecule has 0 saturated carbocycles. The number of fused-ring (bicyclic) bond motifs is 1. The monoisotopic (exact) mass is 285 g/mol. The molecule has 0 radical (unpaired) electrons. The fraction of sp³-hybridized carbons (Fsp3) is 0.267. The second-order valence-corrected chi connectivity index (χ2v) is 5.12. The maximum absolute atomic E-state index is 12.4. The molecule has 1 aromatic heterocycles. The summed E-state index contributed by atoms with van der Waals surface area (Å²) in [5.74, 6) is -2.41. The largest absolute Gasteiger partial charge is 0.481 e. The summed E-state index contributed by atoms with van der Waals surface area (Å²) < 4.78 is 0. The number of rotatable bonds is 3. The van der Waals surface area contributed by atoms with Gasteiger partial charge in [0.05, 0.1) is 29.2 Å². The number of aromatic nitrogens is 2. The molecule has 2 atom stereocenters. The number of H-pyrrole nitrogens is 1. The highest BCUT2D eigenvalue weighted by atomic mass is 16.4. The number of allylic oxidation sites excluding steroid dienone is 2. The van der Waals surface area contributed by atoms with E-state index in [0.717, 1.165) is 10.9 Å². The van der Waals surface area contributed by atoms with Crippen molar-refractivity contribution in [3.63, 3.8) is 0 Å². The molecule has 0 spiro atoms. The Morgan fingerprint density at radius 1 is 1.24 bits per heavy atom. The lowest BCUT2D eigenvalue weighted by molar-refractivity contribution is -0.146. The molecule has 0 bridgehead atoms. The van der Waals surface area contributed by atoms with Gasteiger partial charge in [-0.3, -0.25) is 14.7 Å². The lowest BCUT2D eigenvalue weighted by atomic mass is 9.82. The summed E-state index contributed by atoms with van der Waals surface area (Å²) in [6.45, 7) is 0. The second kappa shape index (κ2) is 5.40. The highest BCUT2D eigenvalue weighted by molar-refractivity contribution is 6.02.